The lowest BCUT2D eigenvalue weighted by atomic mass is 9.99. The van der Waals surface area contributed by atoms with Gasteiger partial charge < -0.3 is 19.6 Å². The number of nitrogens with zero attached hydrogens (tertiary/aromatic N) is 1. The lowest BCUT2D eigenvalue weighted by Crippen LogP contribution is -2.27. The van der Waals surface area contributed by atoms with E-state index in [2.05, 4.69) is 32.8 Å². The number of hydrogen-bond donors (Lipinski definition) is 3. The van der Waals surface area contributed by atoms with Crippen molar-refractivity contribution in [2.45, 2.75) is 135 Å². The topological polar surface area (TPSA) is 81.0 Å². The minimum Gasteiger partial charge on any atom is -0.306 e. The summed E-state index contributed by atoms with van der Waals surface area (Å²) in [6, 6.07) is 0.824. The van der Waals surface area contributed by atoms with Gasteiger partial charge in [-0.3, -0.25) is 0 Å². The molecule has 0 aliphatic rings. The zero-order valence-corrected chi connectivity index (χ0v) is 20.8. The van der Waals surface area contributed by atoms with Gasteiger partial charge in [0.05, 0.1) is 0 Å². The predicted molar refractivity (Wildman–Crippen MR) is 126 cm³/mol. The van der Waals surface area contributed by atoms with E-state index >= 15 is 0 Å². The van der Waals surface area contributed by atoms with E-state index in [1.807, 2.05) is 0 Å². The van der Waals surface area contributed by atoms with E-state index in [4.69, 9.17) is 19.2 Å². The zero-order valence-electron chi connectivity index (χ0n) is 19.9. The second-order valence-corrected chi connectivity index (χ2v) is 9.68. The van der Waals surface area contributed by atoms with Gasteiger partial charge in [0.15, 0.2) is 0 Å². The quantitative estimate of drug-likeness (QED) is 0.149. The molecule has 0 spiro atoms. The minimum atomic E-state index is -4.64. The van der Waals surface area contributed by atoms with Crippen LogP contribution in [-0.2, 0) is 4.57 Å². The highest BCUT2D eigenvalue weighted by molar-refractivity contribution is 7.45. The maximum atomic E-state index is 8.88. The Morgan fingerprint density at radius 3 is 1.07 bits per heavy atom. The first-order valence-corrected chi connectivity index (χ1v) is 13.7. The molecule has 0 saturated heterocycles. The maximum absolute atomic E-state index is 8.88. The third-order valence-corrected chi connectivity index (χ3v) is 5.51. The molecule has 1 unspecified atom stereocenters. The summed E-state index contributed by atoms with van der Waals surface area (Å²) in [5.41, 5.74) is 0. The minimum absolute atomic E-state index is 0.824. The molecule has 0 aliphatic carbocycles. The zero-order chi connectivity index (χ0) is 22.4. The largest absolute Gasteiger partial charge is 0.466 e. The van der Waals surface area contributed by atoms with Crippen LogP contribution in [0, 0.1) is 0 Å². The summed E-state index contributed by atoms with van der Waals surface area (Å²) >= 11 is 0. The van der Waals surface area contributed by atoms with Gasteiger partial charge in [-0.1, -0.05) is 117 Å². The van der Waals surface area contributed by atoms with Gasteiger partial charge in [-0.05, 0) is 26.9 Å². The van der Waals surface area contributed by atoms with Gasteiger partial charge in [-0.25, -0.2) is 4.57 Å². The van der Waals surface area contributed by atoms with E-state index in [9.17, 15) is 0 Å². The van der Waals surface area contributed by atoms with Crippen molar-refractivity contribution in [2.24, 2.45) is 0 Å². The smallest absolute Gasteiger partial charge is 0.306 e. The predicted octanol–water partition coefficient (Wildman–Crippen LogP) is 7.05. The van der Waals surface area contributed by atoms with Crippen LogP contribution in [0.5, 0.6) is 0 Å². The Morgan fingerprint density at radius 2 is 0.828 bits per heavy atom. The maximum Gasteiger partial charge on any atom is 0.466 e. The average Bonchev–Trinajstić information content (AvgIpc) is 2.62. The standard InChI is InChI=1S/C23H49N.H3O4P/c1-5-7-9-11-13-14-16-18-20-22-23(24(3)4)21-19-17-15-12-10-8-6-2;1-5(2,3)4/h23H,5-22H2,1-4H3;(H3,1,2,3,4). The van der Waals surface area contributed by atoms with Gasteiger partial charge >= 0.3 is 7.82 Å². The van der Waals surface area contributed by atoms with Crippen molar-refractivity contribution in [3.63, 3.8) is 0 Å². The van der Waals surface area contributed by atoms with Crippen LogP contribution in [0.2, 0.25) is 0 Å². The van der Waals surface area contributed by atoms with Crippen LogP contribution in [0.15, 0.2) is 0 Å². The molecule has 0 fully saturated rings. The van der Waals surface area contributed by atoms with E-state index in [0.29, 0.717) is 0 Å². The number of hydrogen-bond acceptors (Lipinski definition) is 2. The number of unbranched alkanes of at least 4 members (excludes halogenated alkanes) is 14. The first kappa shape index (κ1) is 31.3. The fraction of sp³-hybridized carbons (Fsp3) is 1.00. The molecule has 0 aromatic rings. The molecule has 0 amide bonds. The molecule has 5 nitrogen and oxygen atoms in total. The van der Waals surface area contributed by atoms with E-state index < -0.39 is 7.82 Å². The molecule has 0 bridgehead atoms. The summed E-state index contributed by atoms with van der Waals surface area (Å²) in [4.78, 5) is 24.0. The fourth-order valence-electron chi connectivity index (χ4n) is 3.69. The molecule has 1 atom stereocenters. The van der Waals surface area contributed by atoms with E-state index in [1.165, 1.54) is 116 Å². The summed E-state index contributed by atoms with van der Waals surface area (Å²) in [6.45, 7) is 4.60. The Morgan fingerprint density at radius 1 is 0.586 bits per heavy atom. The summed E-state index contributed by atoms with van der Waals surface area (Å²) in [5.74, 6) is 0. The van der Waals surface area contributed by atoms with Crippen molar-refractivity contribution in [3.8, 4) is 0 Å². The van der Waals surface area contributed by atoms with Crippen LogP contribution >= 0.6 is 7.82 Å². The van der Waals surface area contributed by atoms with Crippen molar-refractivity contribution in [2.75, 3.05) is 14.1 Å². The van der Waals surface area contributed by atoms with Gasteiger partial charge in [0, 0.05) is 6.04 Å². The van der Waals surface area contributed by atoms with E-state index in [1.54, 1.807) is 0 Å². The first-order chi connectivity index (χ1) is 13.7. The van der Waals surface area contributed by atoms with Crippen LogP contribution in [0.25, 0.3) is 0 Å². The van der Waals surface area contributed by atoms with Crippen LogP contribution in [0.3, 0.4) is 0 Å². The summed E-state index contributed by atoms with van der Waals surface area (Å²) in [7, 11) is -0.0840. The van der Waals surface area contributed by atoms with Crippen molar-refractivity contribution in [1.29, 1.82) is 0 Å². The Bertz CT molecular complexity index is 353. The second-order valence-electron chi connectivity index (χ2n) is 8.66. The van der Waals surface area contributed by atoms with E-state index in [0.717, 1.165) is 6.04 Å². The van der Waals surface area contributed by atoms with Crippen LogP contribution in [0.1, 0.15) is 129 Å². The van der Waals surface area contributed by atoms with Gasteiger partial charge in [0.25, 0.3) is 0 Å². The molecule has 0 rings (SSSR count). The van der Waals surface area contributed by atoms with Gasteiger partial charge in [0.2, 0.25) is 0 Å². The molecule has 3 N–H and O–H groups in total. The number of rotatable bonds is 19. The summed E-state index contributed by atoms with van der Waals surface area (Å²) in [5, 5.41) is 0. The molecule has 0 saturated carbocycles. The van der Waals surface area contributed by atoms with E-state index in [-0.39, 0.29) is 0 Å². The monoisotopic (exact) mass is 437 g/mol. The van der Waals surface area contributed by atoms with Crippen molar-refractivity contribution in [1.82, 2.24) is 4.90 Å². The third kappa shape index (κ3) is 32.9. The molecule has 0 aromatic carbocycles. The van der Waals surface area contributed by atoms with Crippen molar-refractivity contribution < 1.29 is 19.2 Å². The average molecular weight is 438 g/mol. The molecule has 0 heterocycles. The van der Waals surface area contributed by atoms with Crippen molar-refractivity contribution in [3.05, 3.63) is 0 Å². The van der Waals surface area contributed by atoms with Gasteiger partial charge in [0.1, 0.15) is 0 Å². The SMILES string of the molecule is CCCCCCCCCCCC(CCCCCCCCC)N(C)C.O=P(O)(O)O. The normalized spacial score (nSPS) is 12.7. The highest BCUT2D eigenvalue weighted by Gasteiger charge is 2.10. The molecule has 0 aliphatic heterocycles. The molecular formula is C23H52NO4P. The number of phosphoric acid groups is 1. The third-order valence-electron chi connectivity index (χ3n) is 5.51. The molecule has 0 radical (unpaired) electrons. The summed E-state index contributed by atoms with van der Waals surface area (Å²) < 4.78 is 8.88. The highest BCUT2D eigenvalue weighted by Crippen LogP contribution is 2.25. The molecule has 29 heavy (non-hydrogen) atoms. The molecule has 6 heteroatoms. The lowest BCUT2D eigenvalue weighted by molar-refractivity contribution is 0.251. The lowest BCUT2D eigenvalue weighted by Gasteiger charge is -2.24. The van der Waals surface area contributed by atoms with Crippen molar-refractivity contribution >= 4 is 7.82 Å². The molecule has 0 aromatic heterocycles. The van der Waals surface area contributed by atoms with Gasteiger partial charge in [-0.15, -0.1) is 0 Å². The van der Waals surface area contributed by atoms with Crippen LogP contribution in [-0.4, -0.2) is 39.7 Å². The fourth-order valence-corrected chi connectivity index (χ4v) is 3.69. The first-order valence-electron chi connectivity index (χ1n) is 12.2. The van der Waals surface area contributed by atoms with Crippen LogP contribution < -0.4 is 0 Å². The Hall–Kier alpha value is 0.0700. The Labute approximate surface area is 181 Å². The van der Waals surface area contributed by atoms with Crippen LogP contribution in [0.4, 0.5) is 0 Å². The Kier molecular flexibility index (Phi) is 24.5. The molecule has 178 valence electrons. The molecular weight excluding hydrogens is 385 g/mol. The second kappa shape index (κ2) is 22.7. The van der Waals surface area contributed by atoms with Gasteiger partial charge in [-0.2, -0.15) is 0 Å². The Balaban J connectivity index is 0. The highest BCUT2D eigenvalue weighted by atomic mass is 31.2. The summed E-state index contributed by atoms with van der Waals surface area (Å²) in [6.07, 6.45) is 25.9.